The predicted molar refractivity (Wildman–Crippen MR) is 93.2 cm³/mol. The standard InChI is InChI=1S/C16H15N5O4S/c22-9-11-8-21(16(24)25-11)15-19-7-12(26-15)14(23)18-6-10-1-3-20-4-2-17-13(20)5-10/h1-5,7,11,22H,6,8-9H2,(H,18,23). The normalized spacial score (nSPS) is 16.9. The number of imidazole rings is 1. The molecule has 0 bridgehead atoms. The number of amides is 2. The fraction of sp³-hybridized carbons (Fsp3) is 0.250. The Kier molecular flexibility index (Phi) is 4.27. The lowest BCUT2D eigenvalue weighted by Gasteiger charge is -2.07. The molecule has 26 heavy (non-hydrogen) atoms. The Morgan fingerprint density at radius 3 is 3.12 bits per heavy atom. The first-order valence-corrected chi connectivity index (χ1v) is 8.70. The van der Waals surface area contributed by atoms with Gasteiger partial charge in [0.15, 0.2) is 5.13 Å². The molecule has 0 radical (unpaired) electrons. The maximum atomic E-state index is 12.3. The van der Waals surface area contributed by atoms with Crippen LogP contribution in [0.15, 0.2) is 36.9 Å². The smallest absolute Gasteiger partial charge is 0.416 e. The van der Waals surface area contributed by atoms with Gasteiger partial charge < -0.3 is 19.6 Å². The molecule has 9 nitrogen and oxygen atoms in total. The molecule has 4 heterocycles. The van der Waals surface area contributed by atoms with Crippen LogP contribution >= 0.6 is 11.3 Å². The van der Waals surface area contributed by atoms with Crippen molar-refractivity contribution >= 4 is 34.1 Å². The zero-order valence-electron chi connectivity index (χ0n) is 13.5. The molecule has 0 aliphatic carbocycles. The summed E-state index contributed by atoms with van der Waals surface area (Å²) in [6.45, 7) is 0.323. The van der Waals surface area contributed by atoms with Gasteiger partial charge in [-0.25, -0.2) is 19.7 Å². The molecule has 2 amide bonds. The van der Waals surface area contributed by atoms with Crippen molar-refractivity contribution < 1.29 is 19.4 Å². The number of hydrogen-bond donors (Lipinski definition) is 2. The fourth-order valence-electron chi connectivity index (χ4n) is 2.60. The second-order valence-electron chi connectivity index (χ2n) is 5.72. The van der Waals surface area contributed by atoms with Gasteiger partial charge in [-0.05, 0) is 17.7 Å². The van der Waals surface area contributed by atoms with Gasteiger partial charge in [-0.3, -0.25) is 4.79 Å². The molecule has 0 spiro atoms. The lowest BCUT2D eigenvalue weighted by Crippen LogP contribution is -2.25. The molecule has 1 aliphatic rings. The summed E-state index contributed by atoms with van der Waals surface area (Å²) in [6.07, 6.45) is 5.72. The lowest BCUT2D eigenvalue weighted by atomic mass is 10.2. The SMILES string of the molecule is O=C(NCc1ccn2ccnc2c1)c1cnc(N2CC(CO)OC2=O)s1. The summed E-state index contributed by atoms with van der Waals surface area (Å²) in [5.74, 6) is -0.275. The topological polar surface area (TPSA) is 109 Å². The molecule has 0 aromatic carbocycles. The molecule has 3 aromatic heterocycles. The molecule has 1 fully saturated rings. The minimum atomic E-state index is -0.571. The highest BCUT2D eigenvalue weighted by molar-refractivity contribution is 7.17. The average molecular weight is 373 g/mol. The van der Waals surface area contributed by atoms with Crippen LogP contribution in [0.1, 0.15) is 15.2 Å². The van der Waals surface area contributed by atoms with Crippen LogP contribution in [0.2, 0.25) is 0 Å². The van der Waals surface area contributed by atoms with Crippen molar-refractivity contribution in [3.8, 4) is 0 Å². The summed E-state index contributed by atoms with van der Waals surface area (Å²) in [5, 5.41) is 12.3. The summed E-state index contributed by atoms with van der Waals surface area (Å²) < 4.78 is 6.86. The largest absolute Gasteiger partial charge is 0.441 e. The third kappa shape index (κ3) is 3.11. The van der Waals surface area contributed by atoms with Crippen molar-refractivity contribution in [2.45, 2.75) is 12.6 Å². The quantitative estimate of drug-likeness (QED) is 0.692. The molecular weight excluding hydrogens is 358 g/mol. The number of thiazole rings is 1. The van der Waals surface area contributed by atoms with Gasteiger partial charge in [0.25, 0.3) is 5.91 Å². The minimum absolute atomic E-state index is 0.217. The Morgan fingerprint density at radius 1 is 1.42 bits per heavy atom. The second-order valence-corrected chi connectivity index (χ2v) is 6.73. The minimum Gasteiger partial charge on any atom is -0.441 e. The Morgan fingerprint density at radius 2 is 2.31 bits per heavy atom. The van der Waals surface area contributed by atoms with E-state index in [1.807, 2.05) is 28.9 Å². The fourth-order valence-corrected chi connectivity index (χ4v) is 3.43. The van der Waals surface area contributed by atoms with E-state index >= 15 is 0 Å². The lowest BCUT2D eigenvalue weighted by molar-refractivity contribution is 0.0952. The van der Waals surface area contributed by atoms with Crippen molar-refractivity contribution in [3.05, 3.63) is 47.4 Å². The molecule has 10 heteroatoms. The number of nitrogens with one attached hydrogen (secondary N) is 1. The van der Waals surface area contributed by atoms with E-state index < -0.39 is 12.2 Å². The molecule has 0 saturated carbocycles. The Labute approximate surface area is 151 Å². The Balaban J connectivity index is 1.41. The number of pyridine rings is 1. The summed E-state index contributed by atoms with van der Waals surface area (Å²) in [6, 6.07) is 3.80. The molecular formula is C16H15N5O4S. The van der Waals surface area contributed by atoms with Gasteiger partial charge in [-0.2, -0.15) is 0 Å². The van der Waals surface area contributed by atoms with Gasteiger partial charge in [0.1, 0.15) is 16.6 Å². The number of aliphatic hydroxyl groups is 1. The Hall–Kier alpha value is -2.98. The molecule has 4 rings (SSSR count). The van der Waals surface area contributed by atoms with Crippen molar-refractivity contribution in [1.82, 2.24) is 19.7 Å². The zero-order valence-corrected chi connectivity index (χ0v) is 14.3. The van der Waals surface area contributed by atoms with Crippen LogP contribution in [-0.2, 0) is 11.3 Å². The Bertz CT molecular complexity index is 968. The maximum Gasteiger partial charge on any atom is 0.416 e. The van der Waals surface area contributed by atoms with Gasteiger partial charge >= 0.3 is 6.09 Å². The highest BCUT2D eigenvalue weighted by Crippen LogP contribution is 2.26. The number of aliphatic hydroxyl groups excluding tert-OH is 1. The second kappa shape index (κ2) is 6.73. The molecule has 3 aromatic rings. The number of rotatable bonds is 5. The molecule has 1 saturated heterocycles. The number of hydrogen-bond acceptors (Lipinski definition) is 7. The van der Waals surface area contributed by atoms with Crippen molar-refractivity contribution in [2.24, 2.45) is 0 Å². The van der Waals surface area contributed by atoms with Crippen molar-refractivity contribution in [2.75, 3.05) is 18.1 Å². The first-order valence-electron chi connectivity index (χ1n) is 7.88. The number of cyclic esters (lactones) is 1. The van der Waals surface area contributed by atoms with E-state index in [1.165, 1.54) is 11.1 Å². The summed E-state index contributed by atoms with van der Waals surface area (Å²) in [4.78, 5) is 34.1. The number of fused-ring (bicyclic) bond motifs is 1. The van der Waals surface area contributed by atoms with Crippen molar-refractivity contribution in [1.29, 1.82) is 0 Å². The van der Waals surface area contributed by atoms with E-state index in [9.17, 15) is 9.59 Å². The molecule has 1 aliphatic heterocycles. The van der Waals surface area contributed by atoms with E-state index in [4.69, 9.17) is 9.84 Å². The van der Waals surface area contributed by atoms with Gasteiger partial charge in [0.05, 0.1) is 19.3 Å². The average Bonchev–Trinajstić information content (AvgIpc) is 3.37. The van der Waals surface area contributed by atoms with Crippen LogP contribution in [-0.4, -0.2) is 50.7 Å². The van der Waals surface area contributed by atoms with Gasteiger partial charge in [0.2, 0.25) is 0 Å². The van der Waals surface area contributed by atoms with Gasteiger partial charge in [-0.15, -0.1) is 0 Å². The van der Waals surface area contributed by atoms with E-state index in [2.05, 4.69) is 15.3 Å². The van der Waals surface area contributed by atoms with E-state index in [0.717, 1.165) is 22.5 Å². The number of carbonyl (C=O) groups excluding carboxylic acids is 2. The van der Waals surface area contributed by atoms with E-state index in [-0.39, 0.29) is 19.1 Å². The summed E-state index contributed by atoms with van der Waals surface area (Å²) in [7, 11) is 0. The molecule has 1 atom stereocenters. The van der Waals surface area contributed by atoms with Crippen molar-refractivity contribution in [3.63, 3.8) is 0 Å². The van der Waals surface area contributed by atoms with Crippen LogP contribution in [0.3, 0.4) is 0 Å². The first-order chi connectivity index (χ1) is 12.6. The number of anilines is 1. The van der Waals surface area contributed by atoms with Gasteiger partial charge in [0, 0.05) is 25.1 Å². The van der Waals surface area contributed by atoms with Crippen LogP contribution in [0.5, 0.6) is 0 Å². The molecule has 134 valence electrons. The third-order valence-corrected chi connectivity index (χ3v) is 4.96. The van der Waals surface area contributed by atoms with Crippen LogP contribution in [0.4, 0.5) is 9.93 Å². The number of ether oxygens (including phenoxy) is 1. The highest BCUT2D eigenvalue weighted by atomic mass is 32.1. The molecule has 2 N–H and O–H groups in total. The third-order valence-electron chi connectivity index (χ3n) is 3.94. The highest BCUT2D eigenvalue weighted by Gasteiger charge is 2.33. The van der Waals surface area contributed by atoms with Crippen LogP contribution < -0.4 is 10.2 Å². The monoisotopic (exact) mass is 373 g/mol. The zero-order chi connectivity index (χ0) is 18.1. The van der Waals surface area contributed by atoms with E-state index in [1.54, 1.807) is 6.20 Å². The van der Waals surface area contributed by atoms with Crippen LogP contribution in [0.25, 0.3) is 5.65 Å². The number of nitrogens with zero attached hydrogens (tertiary/aromatic N) is 4. The first kappa shape index (κ1) is 16.5. The van der Waals surface area contributed by atoms with Crippen LogP contribution in [0, 0.1) is 0 Å². The number of aromatic nitrogens is 3. The van der Waals surface area contributed by atoms with E-state index in [0.29, 0.717) is 16.6 Å². The maximum absolute atomic E-state index is 12.3. The summed E-state index contributed by atoms with van der Waals surface area (Å²) in [5.41, 5.74) is 1.73. The molecule has 1 unspecified atom stereocenters. The van der Waals surface area contributed by atoms with Gasteiger partial charge in [-0.1, -0.05) is 11.3 Å². The number of carbonyl (C=O) groups is 2. The summed E-state index contributed by atoms with van der Waals surface area (Å²) >= 11 is 1.10. The predicted octanol–water partition coefficient (Wildman–Crippen LogP) is 1.04.